The number of unbranched alkanes of at least 4 members (excludes halogenated alkanes) is 1. The van der Waals surface area contributed by atoms with Crippen molar-refractivity contribution in [2.24, 2.45) is 0 Å². The summed E-state index contributed by atoms with van der Waals surface area (Å²) < 4.78 is 25.3. The van der Waals surface area contributed by atoms with Crippen molar-refractivity contribution in [1.82, 2.24) is 4.31 Å². The van der Waals surface area contributed by atoms with Crippen LogP contribution >= 0.6 is 0 Å². The number of carbonyl (C=O) groups is 1. The Bertz CT molecular complexity index is 335. The molecule has 0 radical (unpaired) electrons. The second-order valence-electron chi connectivity index (χ2n) is 4.16. The van der Waals surface area contributed by atoms with E-state index >= 15 is 0 Å². The molecule has 0 saturated heterocycles. The number of sulfonamides is 1. The van der Waals surface area contributed by atoms with E-state index in [0.29, 0.717) is 6.54 Å². The van der Waals surface area contributed by atoms with E-state index in [9.17, 15) is 13.2 Å². The maximum Gasteiger partial charge on any atom is 0.304 e. The first-order valence-electron chi connectivity index (χ1n) is 5.68. The van der Waals surface area contributed by atoms with Crippen LogP contribution in [-0.2, 0) is 14.8 Å². The second-order valence-corrected chi connectivity index (χ2v) is 6.20. The highest BCUT2D eigenvalue weighted by atomic mass is 32.2. The zero-order chi connectivity index (χ0) is 12.2. The molecule has 1 aliphatic rings. The Morgan fingerprint density at radius 3 is 2.50 bits per heavy atom. The summed E-state index contributed by atoms with van der Waals surface area (Å²) in [6, 6.07) is 0.130. The topological polar surface area (TPSA) is 74.7 Å². The third kappa shape index (κ3) is 4.09. The van der Waals surface area contributed by atoms with Gasteiger partial charge in [0.15, 0.2) is 0 Å². The van der Waals surface area contributed by atoms with Gasteiger partial charge in [-0.25, -0.2) is 8.42 Å². The summed E-state index contributed by atoms with van der Waals surface area (Å²) in [5, 5.41) is 8.51. The molecule has 0 atom stereocenters. The van der Waals surface area contributed by atoms with Crippen molar-refractivity contribution >= 4 is 16.0 Å². The summed E-state index contributed by atoms with van der Waals surface area (Å²) >= 11 is 0. The molecule has 6 heteroatoms. The average molecular weight is 249 g/mol. The molecule has 0 unspecified atom stereocenters. The minimum atomic E-state index is -3.37. The molecule has 1 aliphatic carbocycles. The Morgan fingerprint density at radius 2 is 2.06 bits per heavy atom. The van der Waals surface area contributed by atoms with Gasteiger partial charge in [-0.1, -0.05) is 13.3 Å². The molecule has 1 N–H and O–H groups in total. The van der Waals surface area contributed by atoms with Gasteiger partial charge in [0.2, 0.25) is 10.0 Å². The Morgan fingerprint density at radius 1 is 1.44 bits per heavy atom. The maximum absolute atomic E-state index is 11.9. The molecule has 94 valence electrons. The first-order valence-corrected chi connectivity index (χ1v) is 7.29. The van der Waals surface area contributed by atoms with Crippen LogP contribution in [0.5, 0.6) is 0 Å². The number of carboxylic acid groups (broad SMARTS) is 1. The van der Waals surface area contributed by atoms with Gasteiger partial charge in [-0.05, 0) is 19.3 Å². The molecular weight excluding hydrogens is 230 g/mol. The number of hydrogen-bond acceptors (Lipinski definition) is 3. The monoisotopic (exact) mass is 249 g/mol. The molecule has 0 aromatic rings. The van der Waals surface area contributed by atoms with Crippen molar-refractivity contribution in [2.75, 3.05) is 12.3 Å². The Hall–Kier alpha value is -0.620. The van der Waals surface area contributed by atoms with Crippen molar-refractivity contribution < 1.29 is 18.3 Å². The lowest BCUT2D eigenvalue weighted by Gasteiger charge is -2.21. The molecule has 1 saturated carbocycles. The lowest BCUT2D eigenvalue weighted by Crippen LogP contribution is -2.36. The summed E-state index contributed by atoms with van der Waals surface area (Å²) in [4.78, 5) is 10.4. The maximum atomic E-state index is 11.9. The van der Waals surface area contributed by atoms with Crippen LogP contribution in [-0.4, -0.2) is 42.1 Å². The van der Waals surface area contributed by atoms with Crippen molar-refractivity contribution in [1.29, 1.82) is 0 Å². The molecule has 1 fully saturated rings. The van der Waals surface area contributed by atoms with Gasteiger partial charge in [-0.3, -0.25) is 4.79 Å². The van der Waals surface area contributed by atoms with Crippen LogP contribution < -0.4 is 0 Å². The predicted octanol–water partition coefficient (Wildman–Crippen LogP) is 1.06. The molecule has 5 nitrogen and oxygen atoms in total. The van der Waals surface area contributed by atoms with Crippen LogP contribution in [0, 0.1) is 0 Å². The van der Waals surface area contributed by atoms with Gasteiger partial charge >= 0.3 is 5.97 Å². The normalized spacial score (nSPS) is 16.6. The molecule has 0 aromatic heterocycles. The average Bonchev–Trinajstić information content (AvgIpc) is 2.99. The fraction of sp³-hybridized carbons (Fsp3) is 0.900. The number of nitrogens with zero attached hydrogens (tertiary/aromatic N) is 1. The number of carboxylic acids is 1. The molecule has 0 aliphatic heterocycles. The third-order valence-electron chi connectivity index (χ3n) is 2.62. The van der Waals surface area contributed by atoms with Gasteiger partial charge < -0.3 is 5.11 Å². The summed E-state index contributed by atoms with van der Waals surface area (Å²) in [5.74, 6) is -1.34. The molecule has 0 bridgehead atoms. The van der Waals surface area contributed by atoms with E-state index in [1.54, 1.807) is 0 Å². The van der Waals surface area contributed by atoms with Gasteiger partial charge in [0, 0.05) is 12.6 Å². The van der Waals surface area contributed by atoms with Crippen molar-refractivity contribution in [3.8, 4) is 0 Å². The molecule has 0 spiro atoms. The molecule has 1 rings (SSSR count). The van der Waals surface area contributed by atoms with E-state index in [1.165, 1.54) is 4.31 Å². The minimum Gasteiger partial charge on any atom is -0.481 e. The summed E-state index contributed by atoms with van der Waals surface area (Å²) in [5.41, 5.74) is 0. The second kappa shape index (κ2) is 5.63. The fourth-order valence-corrected chi connectivity index (χ4v) is 3.30. The van der Waals surface area contributed by atoms with Crippen LogP contribution in [0.15, 0.2) is 0 Å². The van der Waals surface area contributed by atoms with E-state index in [-0.39, 0.29) is 18.2 Å². The van der Waals surface area contributed by atoms with E-state index in [2.05, 4.69) is 0 Å². The first kappa shape index (κ1) is 13.4. The zero-order valence-electron chi connectivity index (χ0n) is 9.55. The SMILES string of the molecule is CCCCN(C1CC1)S(=O)(=O)CCC(=O)O. The van der Waals surface area contributed by atoms with Crippen LogP contribution in [0.25, 0.3) is 0 Å². The lowest BCUT2D eigenvalue weighted by molar-refractivity contribution is -0.136. The van der Waals surface area contributed by atoms with Crippen LogP contribution in [0.2, 0.25) is 0 Å². The van der Waals surface area contributed by atoms with Crippen molar-refractivity contribution in [3.63, 3.8) is 0 Å². The summed E-state index contributed by atoms with van der Waals surface area (Å²) in [6.07, 6.45) is 3.30. The Balaban J connectivity index is 2.57. The quantitative estimate of drug-likeness (QED) is 0.698. The van der Waals surface area contributed by atoms with Crippen molar-refractivity contribution in [2.45, 2.75) is 45.1 Å². The summed E-state index contributed by atoms with van der Waals surface area (Å²) in [7, 11) is -3.37. The molecule has 0 heterocycles. The molecular formula is C10H19NO4S. The predicted molar refractivity (Wildman–Crippen MR) is 60.7 cm³/mol. The zero-order valence-corrected chi connectivity index (χ0v) is 10.4. The van der Waals surface area contributed by atoms with E-state index in [4.69, 9.17) is 5.11 Å². The number of rotatable bonds is 8. The summed E-state index contributed by atoms with van der Waals surface area (Å²) in [6.45, 7) is 2.54. The lowest BCUT2D eigenvalue weighted by atomic mass is 10.3. The Kier molecular flexibility index (Phi) is 4.73. The van der Waals surface area contributed by atoms with E-state index in [0.717, 1.165) is 25.7 Å². The van der Waals surface area contributed by atoms with Gasteiger partial charge in [0.05, 0.1) is 12.2 Å². The smallest absolute Gasteiger partial charge is 0.304 e. The van der Waals surface area contributed by atoms with Gasteiger partial charge in [0.1, 0.15) is 0 Å². The molecule has 0 amide bonds. The highest BCUT2D eigenvalue weighted by Gasteiger charge is 2.36. The highest BCUT2D eigenvalue weighted by molar-refractivity contribution is 7.89. The Labute approximate surface area is 96.5 Å². The number of hydrogen-bond donors (Lipinski definition) is 1. The minimum absolute atomic E-state index is 0.130. The largest absolute Gasteiger partial charge is 0.481 e. The van der Waals surface area contributed by atoms with Crippen LogP contribution in [0.1, 0.15) is 39.0 Å². The molecule has 16 heavy (non-hydrogen) atoms. The van der Waals surface area contributed by atoms with E-state index in [1.807, 2.05) is 6.92 Å². The van der Waals surface area contributed by atoms with Gasteiger partial charge in [-0.2, -0.15) is 4.31 Å². The fourth-order valence-electron chi connectivity index (χ4n) is 1.56. The highest BCUT2D eigenvalue weighted by Crippen LogP contribution is 2.29. The number of aliphatic carboxylic acids is 1. The van der Waals surface area contributed by atoms with Gasteiger partial charge in [-0.15, -0.1) is 0 Å². The standard InChI is InChI=1S/C10H19NO4S/c1-2-3-7-11(9-4-5-9)16(14,15)8-6-10(12)13/h9H,2-8H2,1H3,(H,12,13). The van der Waals surface area contributed by atoms with Crippen LogP contribution in [0.4, 0.5) is 0 Å². The first-order chi connectivity index (χ1) is 7.47. The van der Waals surface area contributed by atoms with Crippen LogP contribution in [0.3, 0.4) is 0 Å². The van der Waals surface area contributed by atoms with E-state index < -0.39 is 16.0 Å². The third-order valence-corrected chi connectivity index (χ3v) is 4.53. The van der Waals surface area contributed by atoms with Gasteiger partial charge in [0.25, 0.3) is 0 Å². The molecule has 0 aromatic carbocycles. The van der Waals surface area contributed by atoms with Crippen molar-refractivity contribution in [3.05, 3.63) is 0 Å².